The number of nitrogens with one attached hydrogen (secondary N) is 2. The van der Waals surface area contributed by atoms with Crippen LogP contribution in [0.4, 0.5) is 4.39 Å². The lowest BCUT2D eigenvalue weighted by atomic mass is 10.2. The molecule has 0 saturated carbocycles. The van der Waals surface area contributed by atoms with E-state index >= 15 is 0 Å². The highest BCUT2D eigenvalue weighted by molar-refractivity contribution is 7.80. The van der Waals surface area contributed by atoms with E-state index in [1.807, 2.05) is 0 Å². The monoisotopic (exact) mass is 278 g/mol. The first-order valence-electron chi connectivity index (χ1n) is 5.52. The van der Waals surface area contributed by atoms with Crippen molar-refractivity contribution in [1.82, 2.24) is 10.6 Å². The second-order valence-electron chi connectivity index (χ2n) is 3.72. The summed E-state index contributed by atoms with van der Waals surface area (Å²) in [5, 5.41) is 5.51. The summed E-state index contributed by atoms with van der Waals surface area (Å²) in [4.78, 5) is 11.7. The van der Waals surface area contributed by atoms with Gasteiger partial charge in [-0.05, 0) is 48.6 Å². The Morgan fingerprint density at radius 1 is 1.26 bits per heavy atom. The van der Waals surface area contributed by atoms with Gasteiger partial charge in [-0.3, -0.25) is 10.1 Å². The van der Waals surface area contributed by atoms with Crippen LogP contribution in [0, 0.1) is 5.82 Å². The number of carbonyl (C=O) groups is 1. The van der Waals surface area contributed by atoms with Crippen LogP contribution >= 0.6 is 12.2 Å². The Hall–Kier alpha value is -2.21. The van der Waals surface area contributed by atoms with E-state index in [1.165, 1.54) is 24.3 Å². The zero-order valence-electron chi connectivity index (χ0n) is 9.85. The molecule has 0 saturated heterocycles. The van der Waals surface area contributed by atoms with Gasteiger partial charge in [0.2, 0.25) is 0 Å². The fourth-order valence-electron chi connectivity index (χ4n) is 1.40. The highest BCUT2D eigenvalue weighted by Gasteiger charge is 2.07. The van der Waals surface area contributed by atoms with Crippen LogP contribution in [0.15, 0.2) is 47.1 Å². The zero-order valence-corrected chi connectivity index (χ0v) is 10.7. The molecule has 1 aromatic carbocycles. The van der Waals surface area contributed by atoms with E-state index in [9.17, 15) is 9.18 Å². The van der Waals surface area contributed by atoms with Gasteiger partial charge in [-0.15, -0.1) is 0 Å². The normalized spacial score (nSPS) is 9.95. The molecule has 4 nitrogen and oxygen atoms in total. The van der Waals surface area contributed by atoms with Gasteiger partial charge in [0.05, 0.1) is 12.8 Å². The van der Waals surface area contributed by atoms with Crippen LogP contribution in [0.5, 0.6) is 0 Å². The molecule has 0 radical (unpaired) electrons. The Bertz CT molecular complexity index is 567. The van der Waals surface area contributed by atoms with Crippen molar-refractivity contribution in [1.29, 1.82) is 0 Å². The number of rotatable bonds is 3. The van der Waals surface area contributed by atoms with Crippen LogP contribution in [-0.4, -0.2) is 11.0 Å². The summed E-state index contributed by atoms with van der Waals surface area (Å²) in [5.41, 5.74) is 0.337. The summed E-state index contributed by atoms with van der Waals surface area (Å²) in [6.07, 6.45) is 1.55. The number of hydrogen-bond acceptors (Lipinski definition) is 3. The van der Waals surface area contributed by atoms with E-state index in [1.54, 1.807) is 18.4 Å². The third-order valence-corrected chi connectivity index (χ3v) is 2.58. The maximum absolute atomic E-state index is 12.7. The molecule has 0 aliphatic rings. The molecular formula is C13H11FN2O2S. The molecule has 0 spiro atoms. The minimum atomic E-state index is -0.393. The molecule has 98 valence electrons. The summed E-state index contributed by atoms with van der Waals surface area (Å²) in [6, 6.07) is 8.76. The number of thiocarbonyl (C=S) groups is 1. The van der Waals surface area contributed by atoms with Crippen molar-refractivity contribution in [3.05, 3.63) is 59.8 Å². The molecule has 0 unspecified atom stereocenters. The Morgan fingerprint density at radius 3 is 2.63 bits per heavy atom. The van der Waals surface area contributed by atoms with Gasteiger partial charge in [0.1, 0.15) is 11.6 Å². The standard InChI is InChI=1S/C13H11FN2O2S/c14-10-5-3-9(4-6-10)12(17)16-13(19)15-8-11-2-1-7-18-11/h1-7H,8H2,(H2,15,16,17,19). The number of benzene rings is 1. The molecule has 2 aromatic rings. The Labute approximate surface area is 114 Å². The van der Waals surface area contributed by atoms with E-state index < -0.39 is 11.7 Å². The van der Waals surface area contributed by atoms with Crippen LogP contribution in [0.25, 0.3) is 0 Å². The molecule has 2 N–H and O–H groups in total. The molecule has 0 aliphatic carbocycles. The van der Waals surface area contributed by atoms with Crippen LogP contribution in [0.3, 0.4) is 0 Å². The van der Waals surface area contributed by atoms with Crippen molar-refractivity contribution in [3.8, 4) is 0 Å². The third-order valence-electron chi connectivity index (χ3n) is 2.34. The molecule has 0 fully saturated rings. The fraction of sp³-hybridized carbons (Fsp3) is 0.0769. The van der Waals surface area contributed by atoms with Gasteiger partial charge >= 0.3 is 0 Å². The van der Waals surface area contributed by atoms with Gasteiger partial charge in [-0.2, -0.15) is 0 Å². The van der Waals surface area contributed by atoms with Gasteiger partial charge in [-0.1, -0.05) is 0 Å². The lowest BCUT2D eigenvalue weighted by Crippen LogP contribution is -2.38. The average Bonchev–Trinajstić information content (AvgIpc) is 2.90. The summed E-state index contributed by atoms with van der Waals surface area (Å²) in [6.45, 7) is 0.384. The Balaban J connectivity index is 1.85. The van der Waals surface area contributed by atoms with E-state index in [0.717, 1.165) is 0 Å². The van der Waals surface area contributed by atoms with E-state index in [2.05, 4.69) is 10.6 Å². The first kappa shape index (κ1) is 13.2. The minimum absolute atomic E-state index is 0.186. The molecule has 1 aromatic heterocycles. The molecule has 0 atom stereocenters. The molecule has 2 rings (SSSR count). The first-order valence-corrected chi connectivity index (χ1v) is 5.93. The van der Waals surface area contributed by atoms with Crippen LogP contribution < -0.4 is 10.6 Å². The Morgan fingerprint density at radius 2 is 2.00 bits per heavy atom. The van der Waals surface area contributed by atoms with E-state index in [-0.39, 0.29) is 5.11 Å². The Kier molecular flexibility index (Phi) is 4.25. The molecule has 0 aliphatic heterocycles. The van der Waals surface area contributed by atoms with Crippen LogP contribution in [0.2, 0.25) is 0 Å². The number of carbonyl (C=O) groups excluding carboxylic acids is 1. The predicted octanol–water partition coefficient (Wildman–Crippen LogP) is 2.22. The molecule has 1 heterocycles. The largest absolute Gasteiger partial charge is 0.467 e. The molecule has 19 heavy (non-hydrogen) atoms. The second-order valence-corrected chi connectivity index (χ2v) is 4.13. The van der Waals surface area contributed by atoms with Gasteiger partial charge < -0.3 is 9.73 Å². The zero-order chi connectivity index (χ0) is 13.7. The van der Waals surface area contributed by atoms with Crippen molar-refractivity contribution in [2.75, 3.05) is 0 Å². The van der Waals surface area contributed by atoms with Crippen molar-refractivity contribution >= 4 is 23.2 Å². The maximum atomic E-state index is 12.7. The highest BCUT2D eigenvalue weighted by Crippen LogP contribution is 2.02. The smallest absolute Gasteiger partial charge is 0.257 e. The minimum Gasteiger partial charge on any atom is -0.467 e. The van der Waals surface area contributed by atoms with Gasteiger partial charge in [0.25, 0.3) is 5.91 Å². The topological polar surface area (TPSA) is 54.3 Å². The van der Waals surface area contributed by atoms with Crippen LogP contribution in [0.1, 0.15) is 16.1 Å². The number of furan rings is 1. The summed E-state index contributed by atoms with van der Waals surface area (Å²) >= 11 is 4.97. The SMILES string of the molecule is O=C(NC(=S)NCc1ccco1)c1ccc(F)cc1. The summed E-state index contributed by atoms with van der Waals surface area (Å²) in [5.74, 6) is -0.0783. The van der Waals surface area contributed by atoms with Crippen LogP contribution in [-0.2, 0) is 6.54 Å². The quantitative estimate of drug-likeness (QED) is 0.845. The summed E-state index contributed by atoms with van der Waals surface area (Å²) in [7, 11) is 0. The van der Waals surface area contributed by atoms with E-state index in [4.69, 9.17) is 16.6 Å². The van der Waals surface area contributed by atoms with Gasteiger partial charge in [-0.25, -0.2) is 4.39 Å². The van der Waals surface area contributed by atoms with Crippen molar-refractivity contribution in [3.63, 3.8) is 0 Å². The number of halogens is 1. The van der Waals surface area contributed by atoms with Crippen molar-refractivity contribution in [2.24, 2.45) is 0 Å². The number of amides is 1. The molecule has 1 amide bonds. The third kappa shape index (κ3) is 3.89. The predicted molar refractivity (Wildman–Crippen MR) is 72.0 cm³/mol. The highest BCUT2D eigenvalue weighted by atomic mass is 32.1. The molecule has 6 heteroatoms. The second kappa shape index (κ2) is 6.10. The average molecular weight is 278 g/mol. The van der Waals surface area contributed by atoms with Crippen molar-refractivity contribution in [2.45, 2.75) is 6.54 Å². The van der Waals surface area contributed by atoms with Gasteiger partial charge in [0, 0.05) is 5.56 Å². The van der Waals surface area contributed by atoms with Gasteiger partial charge in [0.15, 0.2) is 5.11 Å². The van der Waals surface area contributed by atoms with E-state index in [0.29, 0.717) is 17.9 Å². The number of hydrogen-bond donors (Lipinski definition) is 2. The fourth-order valence-corrected chi connectivity index (χ4v) is 1.57. The molecular weight excluding hydrogens is 267 g/mol. The first-order chi connectivity index (χ1) is 9.15. The lowest BCUT2D eigenvalue weighted by molar-refractivity contribution is 0.0976. The maximum Gasteiger partial charge on any atom is 0.257 e. The lowest BCUT2D eigenvalue weighted by Gasteiger charge is -2.08. The van der Waals surface area contributed by atoms with Crippen molar-refractivity contribution < 1.29 is 13.6 Å². The summed E-state index contributed by atoms with van der Waals surface area (Å²) < 4.78 is 17.8. The molecule has 0 bridgehead atoms.